The number of nitrogens with zero attached hydrogens (tertiary/aromatic N) is 3. The normalized spacial score (nSPS) is 42.1. The number of fused-ring (bicyclic) bond motifs is 10. The van der Waals surface area contributed by atoms with Crippen LogP contribution in [0.2, 0.25) is 0 Å². The third-order valence-corrected chi connectivity index (χ3v) is 11.2. The van der Waals surface area contributed by atoms with Crippen LogP contribution in [0.5, 0.6) is 0 Å². The van der Waals surface area contributed by atoms with Gasteiger partial charge in [-0.05, 0) is 110 Å². The van der Waals surface area contributed by atoms with E-state index in [9.17, 15) is 9.50 Å². The predicted molar refractivity (Wildman–Crippen MR) is 126 cm³/mol. The summed E-state index contributed by atoms with van der Waals surface area (Å²) >= 11 is 0. The number of hydrogen-bond acceptors (Lipinski definition) is 3. The van der Waals surface area contributed by atoms with Crippen LogP contribution >= 0.6 is 0 Å². The summed E-state index contributed by atoms with van der Waals surface area (Å²) in [5.74, 6) is 2.46. The van der Waals surface area contributed by atoms with E-state index in [-0.39, 0.29) is 16.6 Å². The molecule has 1 N–H and O–H groups in total. The van der Waals surface area contributed by atoms with Gasteiger partial charge < -0.3 is 5.11 Å². The molecule has 33 heavy (non-hydrogen) atoms. The van der Waals surface area contributed by atoms with Gasteiger partial charge in [-0.3, -0.25) is 0 Å². The van der Waals surface area contributed by atoms with E-state index >= 15 is 0 Å². The van der Waals surface area contributed by atoms with Gasteiger partial charge in [0.1, 0.15) is 5.82 Å². The van der Waals surface area contributed by atoms with E-state index in [4.69, 9.17) is 10.1 Å². The van der Waals surface area contributed by atoms with Gasteiger partial charge in [-0.2, -0.15) is 5.10 Å². The van der Waals surface area contributed by atoms with E-state index in [2.05, 4.69) is 20.8 Å². The lowest BCUT2D eigenvalue weighted by Gasteiger charge is -2.61. The van der Waals surface area contributed by atoms with Crippen molar-refractivity contribution in [3.05, 3.63) is 41.5 Å². The average molecular weight is 448 g/mol. The standard InChI is InChI=1S/C28H34FN3O/c1-26-14-16-15-30-25-24-21(29)5-4-6-22(24)31-32(25)23(16)13-17(26)7-8-18-19(26)9-11-27(2)20(18)10-12-28(27,3)33/h4-6,15,17-20,33H,7-14H2,1-3H3/t17-,18+,19-,20-,26-,27+,28-/m0/s1. The largest absolute Gasteiger partial charge is 0.390 e. The monoisotopic (exact) mass is 447 g/mol. The third kappa shape index (κ3) is 2.45. The highest BCUT2D eigenvalue weighted by molar-refractivity contribution is 5.92. The molecule has 0 amide bonds. The molecule has 174 valence electrons. The van der Waals surface area contributed by atoms with Crippen LogP contribution < -0.4 is 0 Å². The van der Waals surface area contributed by atoms with Gasteiger partial charge in [0.25, 0.3) is 0 Å². The van der Waals surface area contributed by atoms with Crippen LogP contribution in [0.15, 0.2) is 24.4 Å². The second-order valence-electron chi connectivity index (χ2n) is 12.4. The van der Waals surface area contributed by atoms with Crippen molar-refractivity contribution < 1.29 is 9.50 Å². The lowest BCUT2D eigenvalue weighted by molar-refractivity contribution is -0.139. The highest BCUT2D eigenvalue weighted by Crippen LogP contribution is 2.67. The summed E-state index contributed by atoms with van der Waals surface area (Å²) in [6.45, 7) is 7.00. The molecule has 0 unspecified atom stereocenters. The molecule has 3 aromatic rings. The molecule has 2 heterocycles. The van der Waals surface area contributed by atoms with Crippen molar-refractivity contribution in [2.45, 2.75) is 77.7 Å². The summed E-state index contributed by atoms with van der Waals surface area (Å²) in [7, 11) is 0. The van der Waals surface area contributed by atoms with Crippen LogP contribution in [0, 0.1) is 40.3 Å². The molecule has 0 radical (unpaired) electrons. The number of benzene rings is 1. The van der Waals surface area contributed by atoms with E-state index in [1.165, 1.54) is 43.0 Å². The smallest absolute Gasteiger partial charge is 0.166 e. The molecule has 7 rings (SSSR count). The molecule has 3 fully saturated rings. The van der Waals surface area contributed by atoms with Gasteiger partial charge in [-0.25, -0.2) is 13.9 Å². The van der Waals surface area contributed by atoms with Gasteiger partial charge in [0.2, 0.25) is 0 Å². The maximum atomic E-state index is 14.6. The summed E-state index contributed by atoms with van der Waals surface area (Å²) in [6.07, 6.45) is 11.1. The average Bonchev–Trinajstić information content (AvgIpc) is 3.27. The molecule has 0 aliphatic heterocycles. The number of hydrogen-bond donors (Lipinski definition) is 1. The minimum atomic E-state index is -0.521. The summed E-state index contributed by atoms with van der Waals surface area (Å²) in [6, 6.07) is 5.11. The minimum Gasteiger partial charge on any atom is -0.390 e. The first-order valence-corrected chi connectivity index (χ1v) is 12.9. The number of aliphatic hydroxyl groups is 1. The molecule has 0 saturated heterocycles. The summed E-state index contributed by atoms with van der Waals surface area (Å²) in [5, 5.41) is 16.5. The molecule has 2 aromatic heterocycles. The van der Waals surface area contributed by atoms with Crippen LogP contribution in [0.4, 0.5) is 4.39 Å². The van der Waals surface area contributed by atoms with Crippen molar-refractivity contribution in [3.63, 3.8) is 0 Å². The second-order valence-corrected chi connectivity index (χ2v) is 12.4. The van der Waals surface area contributed by atoms with Crippen LogP contribution in [0.1, 0.15) is 70.6 Å². The van der Waals surface area contributed by atoms with Crippen molar-refractivity contribution in [2.75, 3.05) is 0 Å². The van der Waals surface area contributed by atoms with Gasteiger partial charge in [-0.1, -0.05) is 19.9 Å². The summed E-state index contributed by atoms with van der Waals surface area (Å²) < 4.78 is 16.5. The topological polar surface area (TPSA) is 50.4 Å². The molecule has 0 spiro atoms. The zero-order valence-corrected chi connectivity index (χ0v) is 19.9. The minimum absolute atomic E-state index is 0.0664. The Balaban J connectivity index is 1.30. The van der Waals surface area contributed by atoms with Crippen molar-refractivity contribution in [1.82, 2.24) is 14.6 Å². The molecule has 4 aliphatic carbocycles. The first kappa shape index (κ1) is 20.4. The van der Waals surface area contributed by atoms with Gasteiger partial charge in [0.15, 0.2) is 5.65 Å². The fourth-order valence-electron chi connectivity index (χ4n) is 9.13. The molecular weight excluding hydrogens is 413 g/mol. The lowest BCUT2D eigenvalue weighted by Crippen LogP contribution is -2.56. The summed E-state index contributed by atoms with van der Waals surface area (Å²) in [4.78, 5) is 4.73. The molecule has 4 nitrogen and oxygen atoms in total. The zero-order valence-electron chi connectivity index (χ0n) is 19.9. The Bertz CT molecular complexity index is 1300. The SMILES string of the molecule is C[C@]12Cc3cnc4c5c(F)cccc5nn4c3C[C@@H]1CC[C@@H]1[C@@H]2CC[C@]2(C)[C@H]1CC[C@]2(C)O. The first-order chi connectivity index (χ1) is 15.7. The molecule has 4 aliphatic rings. The molecule has 5 heteroatoms. The Hall–Kier alpha value is -2.01. The highest BCUT2D eigenvalue weighted by Gasteiger charge is 2.63. The van der Waals surface area contributed by atoms with E-state index in [1.807, 2.05) is 16.8 Å². The zero-order chi connectivity index (χ0) is 22.8. The molecule has 0 bridgehead atoms. The first-order valence-electron chi connectivity index (χ1n) is 12.9. The van der Waals surface area contributed by atoms with E-state index in [0.717, 1.165) is 31.6 Å². The Kier molecular flexibility index (Phi) is 3.92. The van der Waals surface area contributed by atoms with Gasteiger partial charge in [0.05, 0.1) is 16.5 Å². The van der Waals surface area contributed by atoms with Crippen molar-refractivity contribution in [2.24, 2.45) is 34.5 Å². The molecular formula is C28H34FN3O. The van der Waals surface area contributed by atoms with E-state index in [0.29, 0.717) is 34.3 Å². The lowest BCUT2D eigenvalue weighted by atomic mass is 9.44. The Morgan fingerprint density at radius 3 is 2.73 bits per heavy atom. The Morgan fingerprint density at radius 2 is 1.88 bits per heavy atom. The van der Waals surface area contributed by atoms with Crippen molar-refractivity contribution >= 4 is 16.6 Å². The second kappa shape index (κ2) is 6.35. The molecule has 1 aromatic carbocycles. The van der Waals surface area contributed by atoms with Gasteiger partial charge >= 0.3 is 0 Å². The molecule has 7 atom stereocenters. The highest BCUT2D eigenvalue weighted by atomic mass is 19.1. The number of halogens is 1. The fraction of sp³-hybridized carbons (Fsp3) is 0.643. The fourth-order valence-corrected chi connectivity index (χ4v) is 9.13. The maximum absolute atomic E-state index is 14.6. The van der Waals surface area contributed by atoms with E-state index < -0.39 is 5.60 Å². The number of aromatic nitrogens is 3. The van der Waals surface area contributed by atoms with Gasteiger partial charge in [0, 0.05) is 11.9 Å². The maximum Gasteiger partial charge on any atom is 0.166 e. The van der Waals surface area contributed by atoms with E-state index in [1.54, 1.807) is 6.07 Å². The van der Waals surface area contributed by atoms with Crippen molar-refractivity contribution in [3.8, 4) is 0 Å². The van der Waals surface area contributed by atoms with Crippen LogP contribution in [0.25, 0.3) is 16.6 Å². The summed E-state index contributed by atoms with van der Waals surface area (Å²) in [5.41, 5.74) is 3.68. The van der Waals surface area contributed by atoms with Crippen LogP contribution in [0.3, 0.4) is 0 Å². The molecule has 3 saturated carbocycles. The van der Waals surface area contributed by atoms with Crippen LogP contribution in [-0.4, -0.2) is 25.3 Å². The Labute approximate surface area is 194 Å². The third-order valence-electron chi connectivity index (χ3n) is 11.2. The van der Waals surface area contributed by atoms with Crippen LogP contribution in [-0.2, 0) is 12.8 Å². The Morgan fingerprint density at radius 1 is 1.06 bits per heavy atom. The van der Waals surface area contributed by atoms with Crippen molar-refractivity contribution in [1.29, 1.82) is 0 Å². The predicted octanol–water partition coefficient (Wildman–Crippen LogP) is 5.73. The quantitative estimate of drug-likeness (QED) is 0.479. The number of rotatable bonds is 0. The van der Waals surface area contributed by atoms with Gasteiger partial charge in [-0.15, -0.1) is 0 Å².